The van der Waals surface area contributed by atoms with Crippen LogP contribution in [0.4, 0.5) is 5.82 Å². The highest BCUT2D eigenvalue weighted by atomic mass is 35.5. The maximum Gasteiger partial charge on any atom is 0.269 e. The fourth-order valence-electron chi connectivity index (χ4n) is 2.29. The molecule has 134 valence electrons. The number of rotatable bonds is 5. The molecule has 0 spiro atoms. The predicted molar refractivity (Wildman–Crippen MR) is 101 cm³/mol. The van der Waals surface area contributed by atoms with Crippen LogP contribution < -0.4 is 10.1 Å². The Morgan fingerprint density at radius 1 is 1.15 bits per heavy atom. The lowest BCUT2D eigenvalue weighted by atomic mass is 10.1. The number of nitrogens with one attached hydrogen (secondary N) is 1. The molecule has 0 aliphatic heterocycles. The zero-order chi connectivity index (χ0) is 18.7. The molecule has 3 aromatic rings. The molecule has 1 amide bonds. The number of pyridine rings is 1. The molecular formula is C19H19ClN4O2. The number of nitrogens with zero attached hydrogens (tertiary/aromatic N) is 3. The molecule has 1 aromatic carbocycles. The first-order valence-electron chi connectivity index (χ1n) is 8.10. The summed E-state index contributed by atoms with van der Waals surface area (Å²) < 4.78 is 7.40. The zero-order valence-corrected chi connectivity index (χ0v) is 15.5. The van der Waals surface area contributed by atoms with Crippen LogP contribution in [-0.4, -0.2) is 26.3 Å². The SMILES string of the molecule is Cc1cccc(NC(=O)C(C)(C)Oc2nn(-c3ccccc3)cc2Cl)n1. The van der Waals surface area contributed by atoms with Gasteiger partial charge in [0.1, 0.15) is 10.8 Å². The summed E-state index contributed by atoms with van der Waals surface area (Å²) in [5, 5.41) is 7.41. The average molecular weight is 371 g/mol. The molecule has 1 N–H and O–H groups in total. The molecular weight excluding hydrogens is 352 g/mol. The molecule has 7 heteroatoms. The standard InChI is InChI=1S/C19H19ClN4O2/c1-13-8-7-11-16(21-13)22-18(25)19(2,3)26-17-15(20)12-24(23-17)14-9-5-4-6-10-14/h4-12H,1-3H3,(H,21,22,25). The molecule has 2 heterocycles. The number of carbonyl (C=O) groups is 1. The summed E-state index contributed by atoms with van der Waals surface area (Å²) in [7, 11) is 0. The summed E-state index contributed by atoms with van der Waals surface area (Å²) in [6.07, 6.45) is 1.64. The highest BCUT2D eigenvalue weighted by Crippen LogP contribution is 2.28. The van der Waals surface area contributed by atoms with Crippen molar-refractivity contribution in [3.63, 3.8) is 0 Å². The Bertz CT molecular complexity index is 922. The number of halogens is 1. The largest absolute Gasteiger partial charge is 0.459 e. The van der Waals surface area contributed by atoms with Crippen LogP contribution in [0.2, 0.25) is 5.02 Å². The summed E-state index contributed by atoms with van der Waals surface area (Å²) in [4.78, 5) is 16.8. The molecule has 0 radical (unpaired) electrons. The van der Waals surface area contributed by atoms with Crippen molar-refractivity contribution in [2.24, 2.45) is 0 Å². The fourth-order valence-corrected chi connectivity index (χ4v) is 2.46. The minimum atomic E-state index is -1.19. The van der Waals surface area contributed by atoms with Gasteiger partial charge in [-0.3, -0.25) is 4.79 Å². The van der Waals surface area contributed by atoms with Gasteiger partial charge < -0.3 is 10.1 Å². The molecule has 0 unspecified atom stereocenters. The average Bonchev–Trinajstić information content (AvgIpc) is 2.96. The Morgan fingerprint density at radius 2 is 1.88 bits per heavy atom. The van der Waals surface area contributed by atoms with Crippen molar-refractivity contribution in [3.8, 4) is 11.6 Å². The quantitative estimate of drug-likeness (QED) is 0.736. The Morgan fingerprint density at radius 3 is 2.58 bits per heavy atom. The number of aryl methyl sites for hydroxylation is 1. The van der Waals surface area contributed by atoms with E-state index in [9.17, 15) is 4.79 Å². The Balaban J connectivity index is 1.76. The maximum atomic E-state index is 12.6. The van der Waals surface area contributed by atoms with E-state index in [0.29, 0.717) is 10.8 Å². The highest BCUT2D eigenvalue weighted by molar-refractivity contribution is 6.31. The van der Waals surface area contributed by atoms with Crippen LogP contribution in [0.5, 0.6) is 5.88 Å². The number of anilines is 1. The summed E-state index contributed by atoms with van der Waals surface area (Å²) in [6.45, 7) is 5.15. The van der Waals surface area contributed by atoms with Crippen LogP contribution in [0, 0.1) is 6.92 Å². The van der Waals surface area contributed by atoms with Crippen molar-refractivity contribution in [3.05, 3.63) is 65.4 Å². The topological polar surface area (TPSA) is 69.0 Å². The van der Waals surface area contributed by atoms with Gasteiger partial charge in [-0.25, -0.2) is 9.67 Å². The second kappa shape index (κ2) is 7.17. The van der Waals surface area contributed by atoms with Gasteiger partial charge >= 0.3 is 0 Å². The van der Waals surface area contributed by atoms with Crippen LogP contribution in [0.15, 0.2) is 54.7 Å². The van der Waals surface area contributed by atoms with Gasteiger partial charge in [0.05, 0.1) is 11.9 Å². The second-order valence-electron chi connectivity index (χ2n) is 6.29. The smallest absolute Gasteiger partial charge is 0.269 e. The van der Waals surface area contributed by atoms with Crippen molar-refractivity contribution in [2.45, 2.75) is 26.4 Å². The molecule has 0 aliphatic carbocycles. The van der Waals surface area contributed by atoms with E-state index in [1.807, 2.05) is 49.4 Å². The first kappa shape index (κ1) is 17.9. The van der Waals surface area contributed by atoms with E-state index in [4.69, 9.17) is 16.3 Å². The van der Waals surface area contributed by atoms with Crippen LogP contribution in [-0.2, 0) is 4.79 Å². The molecule has 6 nitrogen and oxygen atoms in total. The van der Waals surface area contributed by atoms with Crippen molar-refractivity contribution in [1.82, 2.24) is 14.8 Å². The lowest BCUT2D eigenvalue weighted by Gasteiger charge is -2.23. The number of hydrogen-bond donors (Lipinski definition) is 1. The van der Waals surface area contributed by atoms with E-state index in [-0.39, 0.29) is 11.8 Å². The van der Waals surface area contributed by atoms with E-state index in [2.05, 4.69) is 15.4 Å². The number of aromatic nitrogens is 3. The number of benzene rings is 1. The zero-order valence-electron chi connectivity index (χ0n) is 14.7. The fraction of sp³-hybridized carbons (Fsp3) is 0.211. The molecule has 0 atom stereocenters. The van der Waals surface area contributed by atoms with Gasteiger partial charge in [0.2, 0.25) is 0 Å². The molecule has 0 aliphatic rings. The first-order valence-corrected chi connectivity index (χ1v) is 8.48. The van der Waals surface area contributed by atoms with Crippen LogP contribution in [0.1, 0.15) is 19.5 Å². The minimum Gasteiger partial charge on any atom is -0.459 e. The number of para-hydroxylation sites is 1. The molecule has 26 heavy (non-hydrogen) atoms. The monoisotopic (exact) mass is 370 g/mol. The number of ether oxygens (including phenoxy) is 1. The lowest BCUT2D eigenvalue weighted by molar-refractivity contribution is -0.128. The molecule has 2 aromatic heterocycles. The number of hydrogen-bond acceptors (Lipinski definition) is 4. The molecule has 3 rings (SSSR count). The molecule has 0 saturated heterocycles. The molecule has 0 fully saturated rings. The first-order chi connectivity index (χ1) is 12.3. The second-order valence-corrected chi connectivity index (χ2v) is 6.70. The lowest BCUT2D eigenvalue weighted by Crippen LogP contribution is -2.43. The normalized spacial score (nSPS) is 11.2. The van der Waals surface area contributed by atoms with E-state index >= 15 is 0 Å². The van der Waals surface area contributed by atoms with Crippen LogP contribution in [0.25, 0.3) is 5.69 Å². The van der Waals surface area contributed by atoms with Crippen molar-refractivity contribution in [1.29, 1.82) is 0 Å². The van der Waals surface area contributed by atoms with Crippen molar-refractivity contribution >= 4 is 23.3 Å². The Kier molecular flexibility index (Phi) is 4.95. The van der Waals surface area contributed by atoms with Gasteiger partial charge in [-0.05, 0) is 45.0 Å². The van der Waals surface area contributed by atoms with Gasteiger partial charge in [0, 0.05) is 5.69 Å². The highest BCUT2D eigenvalue weighted by Gasteiger charge is 2.32. The summed E-state index contributed by atoms with van der Waals surface area (Å²) in [5.74, 6) is 0.307. The van der Waals surface area contributed by atoms with Crippen molar-refractivity contribution < 1.29 is 9.53 Å². The van der Waals surface area contributed by atoms with Gasteiger partial charge in [-0.15, -0.1) is 5.10 Å². The molecule has 0 saturated carbocycles. The molecule has 0 bridgehead atoms. The van der Waals surface area contributed by atoms with E-state index in [1.165, 1.54) is 0 Å². The minimum absolute atomic E-state index is 0.188. The van der Waals surface area contributed by atoms with Crippen LogP contribution >= 0.6 is 11.6 Å². The summed E-state index contributed by atoms with van der Waals surface area (Å²) in [5.41, 5.74) is 0.465. The van der Waals surface area contributed by atoms with Crippen molar-refractivity contribution in [2.75, 3.05) is 5.32 Å². The third kappa shape index (κ3) is 4.03. The Labute approximate surface area is 156 Å². The van der Waals surface area contributed by atoms with E-state index in [0.717, 1.165) is 11.4 Å². The maximum absolute atomic E-state index is 12.6. The number of carbonyl (C=O) groups excluding carboxylic acids is 1. The van der Waals surface area contributed by atoms with Gasteiger partial charge in [-0.1, -0.05) is 35.9 Å². The number of amides is 1. The summed E-state index contributed by atoms with van der Waals surface area (Å²) in [6, 6.07) is 14.9. The van der Waals surface area contributed by atoms with Crippen LogP contribution in [0.3, 0.4) is 0 Å². The van der Waals surface area contributed by atoms with E-state index < -0.39 is 5.60 Å². The van der Waals surface area contributed by atoms with Gasteiger partial charge in [0.15, 0.2) is 5.60 Å². The van der Waals surface area contributed by atoms with Gasteiger partial charge in [-0.2, -0.15) is 0 Å². The summed E-state index contributed by atoms with van der Waals surface area (Å²) >= 11 is 6.23. The predicted octanol–water partition coefficient (Wildman–Crippen LogP) is 4.03. The Hall–Kier alpha value is -2.86. The third-order valence-electron chi connectivity index (χ3n) is 3.69. The van der Waals surface area contributed by atoms with Gasteiger partial charge in [0.25, 0.3) is 11.8 Å². The van der Waals surface area contributed by atoms with E-state index in [1.54, 1.807) is 30.8 Å². The third-order valence-corrected chi connectivity index (χ3v) is 3.95.